The van der Waals surface area contributed by atoms with E-state index < -0.39 is 28.1 Å². The minimum absolute atomic E-state index is 0.160. The Morgan fingerprint density at radius 3 is 2.20 bits per heavy atom. The first-order valence-corrected chi connectivity index (χ1v) is 8.54. The minimum atomic E-state index is -5.02. The number of carbonyl (C=O) groups excluding carboxylic acids is 1. The second-order valence-corrected chi connectivity index (χ2v) is 6.98. The van der Waals surface area contributed by atoms with Gasteiger partial charge in [0.2, 0.25) is 10.0 Å². The summed E-state index contributed by atoms with van der Waals surface area (Å²) >= 11 is 0. The summed E-state index contributed by atoms with van der Waals surface area (Å²) in [7, 11) is -3.92. The van der Waals surface area contributed by atoms with Crippen molar-refractivity contribution < 1.29 is 30.8 Å². The number of sulfonamides is 1. The molecule has 0 saturated heterocycles. The van der Waals surface area contributed by atoms with Crippen molar-refractivity contribution in [1.29, 1.82) is 0 Å². The zero-order chi connectivity index (χ0) is 18.8. The summed E-state index contributed by atoms with van der Waals surface area (Å²) in [5.41, 5.74) is -0.170. The van der Waals surface area contributed by atoms with E-state index in [1.807, 2.05) is 0 Å². The Labute approximate surface area is 142 Å². The van der Waals surface area contributed by atoms with Gasteiger partial charge in [-0.2, -0.15) is 13.2 Å². The van der Waals surface area contributed by atoms with Crippen LogP contribution in [0.25, 0.3) is 0 Å². The van der Waals surface area contributed by atoms with Crippen LogP contribution in [0.1, 0.15) is 24.5 Å². The average molecular weight is 376 g/mol. The first-order chi connectivity index (χ1) is 11.5. The summed E-state index contributed by atoms with van der Waals surface area (Å²) in [5, 5.41) is 1.64. The van der Waals surface area contributed by atoms with E-state index in [0.717, 1.165) is 24.3 Å². The van der Waals surface area contributed by atoms with Crippen LogP contribution in [0.3, 0.4) is 0 Å². The lowest BCUT2D eigenvalue weighted by Crippen LogP contribution is -2.30. The molecule has 1 aromatic heterocycles. The van der Waals surface area contributed by atoms with E-state index in [0.29, 0.717) is 11.5 Å². The van der Waals surface area contributed by atoms with E-state index in [1.165, 1.54) is 0 Å². The summed E-state index contributed by atoms with van der Waals surface area (Å²) in [6.07, 6.45) is -5.02. The molecule has 2 rings (SSSR count). The van der Waals surface area contributed by atoms with Gasteiger partial charge in [0.25, 0.3) is 0 Å². The molecule has 0 unspecified atom stereocenters. The Bertz CT molecular complexity index is 858. The van der Waals surface area contributed by atoms with Crippen molar-refractivity contribution in [1.82, 2.24) is 4.72 Å². The molecule has 25 heavy (non-hydrogen) atoms. The number of hydrogen-bond donors (Lipinski definition) is 2. The third-order valence-electron chi connectivity index (χ3n) is 3.20. The Balaban J connectivity index is 2.11. The number of carbonyl (C=O) groups is 1. The number of amides is 1. The van der Waals surface area contributed by atoms with E-state index >= 15 is 0 Å². The second kappa shape index (κ2) is 6.89. The van der Waals surface area contributed by atoms with Crippen LogP contribution in [-0.2, 0) is 14.8 Å². The fourth-order valence-electron chi connectivity index (χ4n) is 1.96. The van der Waals surface area contributed by atoms with E-state index in [2.05, 4.69) is 4.72 Å². The maximum Gasteiger partial charge on any atom is 0.471 e. The van der Waals surface area contributed by atoms with Crippen molar-refractivity contribution >= 4 is 21.6 Å². The van der Waals surface area contributed by atoms with Gasteiger partial charge in [0.05, 0.1) is 10.9 Å². The molecule has 2 N–H and O–H groups in total. The molecule has 2 aromatic rings. The molecule has 0 bridgehead atoms. The van der Waals surface area contributed by atoms with Gasteiger partial charge < -0.3 is 9.73 Å². The molecule has 10 heteroatoms. The zero-order valence-corrected chi connectivity index (χ0v) is 14.0. The largest absolute Gasteiger partial charge is 0.471 e. The molecule has 0 spiro atoms. The van der Waals surface area contributed by atoms with E-state index in [4.69, 9.17) is 4.42 Å². The monoisotopic (exact) mass is 376 g/mol. The SMILES string of the molecule is Cc1ccc([C@@H](C)NS(=O)(=O)c2ccc(NC(=O)C(F)(F)F)cc2)o1. The van der Waals surface area contributed by atoms with Crippen LogP contribution < -0.4 is 10.0 Å². The van der Waals surface area contributed by atoms with Crippen molar-refractivity contribution in [2.45, 2.75) is 31.0 Å². The van der Waals surface area contributed by atoms with Crippen LogP contribution in [-0.4, -0.2) is 20.5 Å². The van der Waals surface area contributed by atoms with Gasteiger partial charge in [-0.25, -0.2) is 13.1 Å². The summed E-state index contributed by atoms with van der Waals surface area (Å²) in [6.45, 7) is 3.31. The van der Waals surface area contributed by atoms with Crippen molar-refractivity contribution in [2.24, 2.45) is 0 Å². The molecular formula is C15H15F3N2O4S. The van der Waals surface area contributed by atoms with Gasteiger partial charge in [-0.3, -0.25) is 4.79 Å². The Hall–Kier alpha value is -2.33. The van der Waals surface area contributed by atoms with Crippen molar-refractivity contribution in [3.8, 4) is 0 Å². The van der Waals surface area contributed by atoms with E-state index in [-0.39, 0.29) is 10.6 Å². The van der Waals surface area contributed by atoms with Crippen LogP contribution in [0.5, 0.6) is 0 Å². The molecule has 0 aliphatic rings. The van der Waals surface area contributed by atoms with Crippen molar-refractivity contribution in [3.63, 3.8) is 0 Å². The van der Waals surface area contributed by atoms with Gasteiger partial charge in [0.15, 0.2) is 0 Å². The first kappa shape index (κ1) is 19.0. The van der Waals surface area contributed by atoms with E-state index in [9.17, 15) is 26.4 Å². The highest BCUT2D eigenvalue weighted by molar-refractivity contribution is 7.89. The summed E-state index contributed by atoms with van der Waals surface area (Å²) in [6, 6.07) is 7.02. The number of alkyl halides is 3. The van der Waals surface area contributed by atoms with Gasteiger partial charge in [-0.05, 0) is 50.2 Å². The molecule has 6 nitrogen and oxygen atoms in total. The first-order valence-electron chi connectivity index (χ1n) is 7.06. The van der Waals surface area contributed by atoms with Gasteiger partial charge in [-0.15, -0.1) is 0 Å². The highest BCUT2D eigenvalue weighted by Crippen LogP contribution is 2.22. The van der Waals surface area contributed by atoms with Crippen LogP contribution in [0, 0.1) is 6.92 Å². The maximum atomic E-state index is 12.3. The minimum Gasteiger partial charge on any atom is -0.465 e. The number of aryl methyl sites for hydroxylation is 1. The Kier molecular flexibility index (Phi) is 5.23. The standard InChI is InChI=1S/C15H15F3N2O4S/c1-9-3-8-13(24-9)10(2)20-25(22,23)12-6-4-11(5-7-12)19-14(21)15(16,17)18/h3-8,10,20H,1-2H3,(H,19,21)/t10-/m1/s1. The molecule has 1 atom stereocenters. The lowest BCUT2D eigenvalue weighted by molar-refractivity contribution is -0.167. The summed E-state index contributed by atoms with van der Waals surface area (Å²) in [4.78, 5) is 10.7. The second-order valence-electron chi connectivity index (χ2n) is 5.27. The molecule has 136 valence electrons. The highest BCUT2D eigenvalue weighted by Gasteiger charge is 2.38. The average Bonchev–Trinajstić information content (AvgIpc) is 2.93. The molecular weight excluding hydrogens is 361 g/mol. The third-order valence-corrected chi connectivity index (χ3v) is 4.76. The summed E-state index contributed by atoms with van der Waals surface area (Å²) in [5.74, 6) is -1.08. The number of nitrogens with one attached hydrogen (secondary N) is 2. The molecule has 1 aromatic carbocycles. The van der Waals surface area contributed by atoms with Crippen LogP contribution in [0.2, 0.25) is 0 Å². The highest BCUT2D eigenvalue weighted by atomic mass is 32.2. The van der Waals surface area contributed by atoms with Gasteiger partial charge >= 0.3 is 12.1 Å². The molecule has 0 radical (unpaired) electrons. The zero-order valence-electron chi connectivity index (χ0n) is 13.2. The number of halogens is 3. The number of rotatable bonds is 5. The normalized spacial score (nSPS) is 13.5. The number of hydrogen-bond acceptors (Lipinski definition) is 4. The molecule has 1 amide bonds. The molecule has 0 fully saturated rings. The quantitative estimate of drug-likeness (QED) is 0.839. The summed E-state index contributed by atoms with van der Waals surface area (Å²) < 4.78 is 68.9. The maximum absolute atomic E-state index is 12.3. The molecule has 1 heterocycles. The fourth-order valence-corrected chi connectivity index (χ4v) is 3.18. The van der Waals surface area contributed by atoms with Crippen LogP contribution in [0.15, 0.2) is 45.7 Å². The molecule has 0 aliphatic carbocycles. The lowest BCUT2D eigenvalue weighted by Gasteiger charge is -2.13. The predicted octanol–water partition coefficient (Wildman–Crippen LogP) is 3.13. The van der Waals surface area contributed by atoms with Crippen molar-refractivity contribution in [2.75, 3.05) is 5.32 Å². The Morgan fingerprint density at radius 2 is 1.72 bits per heavy atom. The fraction of sp³-hybridized carbons (Fsp3) is 0.267. The topological polar surface area (TPSA) is 88.4 Å². The molecule has 0 saturated carbocycles. The van der Waals surface area contributed by atoms with Gasteiger partial charge in [-0.1, -0.05) is 0 Å². The van der Waals surface area contributed by atoms with E-state index in [1.54, 1.807) is 31.3 Å². The number of benzene rings is 1. The van der Waals surface area contributed by atoms with Gasteiger partial charge in [0, 0.05) is 5.69 Å². The number of furan rings is 1. The Morgan fingerprint density at radius 1 is 1.12 bits per heavy atom. The lowest BCUT2D eigenvalue weighted by atomic mass is 10.3. The van der Waals surface area contributed by atoms with Gasteiger partial charge in [0.1, 0.15) is 11.5 Å². The van der Waals surface area contributed by atoms with Crippen LogP contribution >= 0.6 is 0 Å². The molecule has 0 aliphatic heterocycles. The third kappa shape index (κ3) is 4.83. The predicted molar refractivity (Wildman–Crippen MR) is 83.3 cm³/mol. The van der Waals surface area contributed by atoms with Crippen molar-refractivity contribution in [3.05, 3.63) is 47.9 Å². The number of anilines is 1. The smallest absolute Gasteiger partial charge is 0.465 e. The van der Waals surface area contributed by atoms with Crippen LogP contribution in [0.4, 0.5) is 18.9 Å².